The summed E-state index contributed by atoms with van der Waals surface area (Å²) in [5, 5.41) is 0. The van der Waals surface area contributed by atoms with Crippen LogP contribution in [0.5, 0.6) is 5.75 Å². The molecule has 0 aliphatic carbocycles. The van der Waals surface area contributed by atoms with Gasteiger partial charge in [-0.1, -0.05) is 6.07 Å². The molecule has 0 atom stereocenters. The fraction of sp³-hybridized carbons (Fsp3) is 0.400. The van der Waals surface area contributed by atoms with Gasteiger partial charge in [0.25, 0.3) is 10.0 Å². The fourth-order valence-electron chi connectivity index (χ4n) is 3.60. The van der Waals surface area contributed by atoms with Crippen LogP contribution in [0.2, 0.25) is 0 Å². The molecule has 9 heteroatoms. The molecule has 0 spiro atoms. The van der Waals surface area contributed by atoms with Crippen LogP contribution in [-0.2, 0) is 26.5 Å². The van der Waals surface area contributed by atoms with Crippen molar-refractivity contribution >= 4 is 31.4 Å². The number of anilines is 2. The molecule has 0 bridgehead atoms. The number of ether oxygens (including phenoxy) is 1. The van der Waals surface area contributed by atoms with Crippen molar-refractivity contribution in [2.24, 2.45) is 0 Å². The molecule has 0 radical (unpaired) electrons. The van der Waals surface area contributed by atoms with Gasteiger partial charge in [0.15, 0.2) is 0 Å². The number of benzene rings is 2. The molecule has 1 aliphatic heterocycles. The van der Waals surface area contributed by atoms with Gasteiger partial charge in [0, 0.05) is 6.54 Å². The Morgan fingerprint density at radius 3 is 2.31 bits per heavy atom. The van der Waals surface area contributed by atoms with Gasteiger partial charge in [-0.15, -0.1) is 0 Å². The molecule has 2 aromatic rings. The van der Waals surface area contributed by atoms with Crippen molar-refractivity contribution in [3.63, 3.8) is 0 Å². The monoisotopic (exact) mass is 438 g/mol. The van der Waals surface area contributed by atoms with E-state index < -0.39 is 20.0 Å². The Morgan fingerprint density at radius 1 is 1.07 bits per heavy atom. The van der Waals surface area contributed by atoms with Crippen LogP contribution in [0, 0.1) is 13.8 Å². The van der Waals surface area contributed by atoms with E-state index in [0.29, 0.717) is 30.3 Å². The molecular formula is C20H26N2O5S2. The summed E-state index contributed by atoms with van der Waals surface area (Å²) < 4.78 is 59.6. The lowest BCUT2D eigenvalue weighted by atomic mass is 10.0. The first-order valence-corrected chi connectivity index (χ1v) is 12.7. The molecule has 2 aromatic carbocycles. The van der Waals surface area contributed by atoms with Crippen molar-refractivity contribution in [1.82, 2.24) is 0 Å². The molecule has 0 saturated carbocycles. The number of nitrogens with one attached hydrogen (secondary N) is 1. The van der Waals surface area contributed by atoms with E-state index in [1.807, 2.05) is 6.92 Å². The van der Waals surface area contributed by atoms with E-state index >= 15 is 0 Å². The number of sulfonamides is 2. The van der Waals surface area contributed by atoms with Crippen LogP contribution in [-0.4, -0.2) is 36.2 Å². The Kier molecular flexibility index (Phi) is 5.82. The Labute approximate surface area is 172 Å². The average molecular weight is 439 g/mol. The number of hydrogen-bond donors (Lipinski definition) is 1. The standard InChI is InChI=1S/C20H26N2O5S2/c1-5-27-20-14(2)11-18(12-15(20)3)29(25,26)21-17-9-8-16-7-6-10-22(19(16)13-17)28(4,23)24/h8-9,11-13,21H,5-7,10H2,1-4H3. The van der Waals surface area contributed by atoms with Gasteiger partial charge in [-0.2, -0.15) is 0 Å². The van der Waals surface area contributed by atoms with Gasteiger partial charge >= 0.3 is 0 Å². The quantitative estimate of drug-likeness (QED) is 0.748. The predicted molar refractivity (Wildman–Crippen MR) is 115 cm³/mol. The molecule has 0 fully saturated rings. The Bertz CT molecular complexity index is 1120. The minimum Gasteiger partial charge on any atom is -0.493 e. The second-order valence-electron chi connectivity index (χ2n) is 7.21. The van der Waals surface area contributed by atoms with Crippen molar-refractivity contribution in [1.29, 1.82) is 0 Å². The average Bonchev–Trinajstić information content (AvgIpc) is 2.62. The van der Waals surface area contributed by atoms with Crippen LogP contribution < -0.4 is 13.8 Å². The molecule has 0 aromatic heterocycles. The Balaban J connectivity index is 1.96. The van der Waals surface area contributed by atoms with Gasteiger partial charge in [-0.25, -0.2) is 16.8 Å². The summed E-state index contributed by atoms with van der Waals surface area (Å²) >= 11 is 0. The first-order valence-electron chi connectivity index (χ1n) is 9.40. The summed E-state index contributed by atoms with van der Waals surface area (Å²) in [6, 6.07) is 8.17. The first kappa shape index (κ1) is 21.4. The lowest BCUT2D eigenvalue weighted by molar-refractivity contribution is 0.335. The molecule has 1 aliphatic rings. The largest absolute Gasteiger partial charge is 0.493 e. The molecule has 1 heterocycles. The lowest BCUT2D eigenvalue weighted by Gasteiger charge is -2.29. The summed E-state index contributed by atoms with van der Waals surface area (Å²) in [6.45, 7) is 6.37. The van der Waals surface area contributed by atoms with Crippen molar-refractivity contribution < 1.29 is 21.6 Å². The molecular weight excluding hydrogens is 412 g/mol. The van der Waals surface area contributed by atoms with E-state index in [0.717, 1.165) is 35.8 Å². The minimum absolute atomic E-state index is 0.133. The predicted octanol–water partition coefficient (Wildman–Crippen LogP) is 3.22. The topological polar surface area (TPSA) is 92.8 Å². The van der Waals surface area contributed by atoms with Gasteiger partial charge in [0.05, 0.1) is 29.1 Å². The Morgan fingerprint density at radius 2 is 1.72 bits per heavy atom. The zero-order chi connectivity index (χ0) is 21.4. The van der Waals surface area contributed by atoms with E-state index in [1.165, 1.54) is 4.31 Å². The van der Waals surface area contributed by atoms with Gasteiger partial charge < -0.3 is 4.74 Å². The van der Waals surface area contributed by atoms with Crippen LogP contribution in [0.1, 0.15) is 30.0 Å². The molecule has 7 nitrogen and oxygen atoms in total. The highest BCUT2D eigenvalue weighted by atomic mass is 32.2. The van der Waals surface area contributed by atoms with Crippen molar-refractivity contribution in [2.75, 3.05) is 28.4 Å². The van der Waals surface area contributed by atoms with Crippen molar-refractivity contribution in [2.45, 2.75) is 38.5 Å². The van der Waals surface area contributed by atoms with Gasteiger partial charge in [-0.3, -0.25) is 9.03 Å². The summed E-state index contributed by atoms with van der Waals surface area (Å²) in [4.78, 5) is 0.133. The van der Waals surface area contributed by atoms with E-state index in [9.17, 15) is 16.8 Å². The number of aryl methyl sites for hydroxylation is 3. The smallest absolute Gasteiger partial charge is 0.261 e. The minimum atomic E-state index is -3.84. The summed E-state index contributed by atoms with van der Waals surface area (Å²) in [5.41, 5.74) is 3.21. The third-order valence-corrected chi connectivity index (χ3v) is 7.39. The zero-order valence-corrected chi connectivity index (χ0v) is 18.7. The highest BCUT2D eigenvalue weighted by Crippen LogP contribution is 2.33. The number of hydrogen-bond acceptors (Lipinski definition) is 5. The lowest BCUT2D eigenvalue weighted by Crippen LogP contribution is -2.34. The number of fused-ring (bicyclic) bond motifs is 1. The van der Waals surface area contributed by atoms with E-state index in [2.05, 4.69) is 4.72 Å². The van der Waals surface area contributed by atoms with Crippen molar-refractivity contribution in [3.8, 4) is 5.75 Å². The highest BCUT2D eigenvalue weighted by molar-refractivity contribution is 7.92. The maximum absolute atomic E-state index is 12.9. The van der Waals surface area contributed by atoms with Gasteiger partial charge in [0.2, 0.25) is 10.0 Å². The molecule has 29 heavy (non-hydrogen) atoms. The maximum Gasteiger partial charge on any atom is 0.261 e. The summed E-state index contributed by atoms with van der Waals surface area (Å²) in [7, 11) is -7.27. The van der Waals surface area contributed by atoms with Gasteiger partial charge in [0.1, 0.15) is 5.75 Å². The normalized spacial score (nSPS) is 14.4. The van der Waals surface area contributed by atoms with Crippen LogP contribution in [0.3, 0.4) is 0 Å². The van der Waals surface area contributed by atoms with Gasteiger partial charge in [-0.05, 0) is 74.6 Å². The summed E-state index contributed by atoms with van der Waals surface area (Å²) in [5.74, 6) is 0.684. The molecule has 3 rings (SSSR count). The van der Waals surface area contributed by atoms with Crippen LogP contribution in [0.4, 0.5) is 11.4 Å². The zero-order valence-electron chi connectivity index (χ0n) is 17.0. The molecule has 1 N–H and O–H groups in total. The second-order valence-corrected chi connectivity index (χ2v) is 10.8. The summed E-state index contributed by atoms with van der Waals surface area (Å²) in [6.07, 6.45) is 2.64. The maximum atomic E-state index is 12.9. The molecule has 0 saturated heterocycles. The number of nitrogens with zero attached hydrogens (tertiary/aromatic N) is 1. The molecule has 0 amide bonds. The second kappa shape index (κ2) is 7.87. The van der Waals surface area contributed by atoms with Crippen molar-refractivity contribution in [3.05, 3.63) is 47.0 Å². The molecule has 158 valence electrons. The Hall–Kier alpha value is -2.26. The van der Waals surface area contributed by atoms with E-state index in [1.54, 1.807) is 44.2 Å². The van der Waals surface area contributed by atoms with Crippen LogP contribution >= 0.6 is 0 Å². The van der Waals surface area contributed by atoms with E-state index in [4.69, 9.17) is 4.74 Å². The third kappa shape index (κ3) is 4.51. The van der Waals surface area contributed by atoms with Crippen LogP contribution in [0.25, 0.3) is 0 Å². The van der Waals surface area contributed by atoms with E-state index in [-0.39, 0.29) is 4.90 Å². The van der Waals surface area contributed by atoms with Crippen LogP contribution in [0.15, 0.2) is 35.2 Å². The highest BCUT2D eigenvalue weighted by Gasteiger charge is 2.25. The molecule has 0 unspecified atom stereocenters. The third-order valence-electron chi connectivity index (χ3n) is 4.85. The first-order chi connectivity index (χ1) is 13.5. The SMILES string of the molecule is CCOc1c(C)cc(S(=O)(=O)Nc2ccc3c(c2)N(S(C)(=O)=O)CCC3)cc1C. The number of rotatable bonds is 6. The fourth-order valence-corrected chi connectivity index (χ4v) is 5.81.